The van der Waals surface area contributed by atoms with Crippen molar-refractivity contribution >= 4 is 28.6 Å². The van der Waals surface area contributed by atoms with Gasteiger partial charge in [-0.2, -0.15) is 5.10 Å². The van der Waals surface area contributed by atoms with Gasteiger partial charge in [0.25, 0.3) is 5.56 Å². The van der Waals surface area contributed by atoms with Gasteiger partial charge in [0.1, 0.15) is 5.02 Å². The third-order valence-corrected chi connectivity index (χ3v) is 4.80. The second-order valence-corrected chi connectivity index (χ2v) is 6.95. The largest absolute Gasteiger partial charge is 0.366 e. The zero-order valence-electron chi connectivity index (χ0n) is 13.4. The van der Waals surface area contributed by atoms with Crippen molar-refractivity contribution in [1.82, 2.24) is 14.8 Å². The SMILES string of the molecule is Cc1nc(CN(C)c2cnn(Cc3ccccc3)c(=O)c2Cl)cs1. The summed E-state index contributed by atoms with van der Waals surface area (Å²) < 4.78 is 1.38. The highest BCUT2D eigenvalue weighted by atomic mass is 35.5. The fraction of sp³-hybridized carbons (Fsp3) is 0.235. The summed E-state index contributed by atoms with van der Waals surface area (Å²) in [7, 11) is 1.87. The van der Waals surface area contributed by atoms with E-state index in [0.717, 1.165) is 16.3 Å². The maximum atomic E-state index is 12.5. The van der Waals surface area contributed by atoms with E-state index >= 15 is 0 Å². The molecule has 0 aliphatic rings. The highest BCUT2D eigenvalue weighted by molar-refractivity contribution is 7.09. The molecular weight excluding hydrogens is 344 g/mol. The van der Waals surface area contributed by atoms with Gasteiger partial charge < -0.3 is 4.90 Å². The average Bonchev–Trinajstić information content (AvgIpc) is 2.98. The Hall–Kier alpha value is -2.18. The van der Waals surface area contributed by atoms with Crippen molar-refractivity contribution in [2.45, 2.75) is 20.0 Å². The Labute approximate surface area is 149 Å². The molecule has 0 fully saturated rings. The van der Waals surface area contributed by atoms with Crippen LogP contribution in [0.2, 0.25) is 5.02 Å². The standard InChI is InChI=1S/C17H17ClN4OS/c1-12-20-14(11-24-12)10-21(2)15-8-19-22(17(23)16(15)18)9-13-6-4-3-5-7-13/h3-8,11H,9-10H2,1-2H3. The summed E-state index contributed by atoms with van der Waals surface area (Å²) in [5.74, 6) is 0. The van der Waals surface area contributed by atoms with Gasteiger partial charge in [-0.1, -0.05) is 41.9 Å². The van der Waals surface area contributed by atoms with Gasteiger partial charge in [0.05, 0.1) is 35.7 Å². The highest BCUT2D eigenvalue weighted by Crippen LogP contribution is 2.22. The second kappa shape index (κ2) is 7.15. The molecule has 0 atom stereocenters. The van der Waals surface area contributed by atoms with Gasteiger partial charge in [0, 0.05) is 12.4 Å². The van der Waals surface area contributed by atoms with Crippen LogP contribution in [0.3, 0.4) is 0 Å². The zero-order chi connectivity index (χ0) is 17.1. The van der Waals surface area contributed by atoms with Crippen molar-refractivity contribution < 1.29 is 0 Å². The minimum Gasteiger partial charge on any atom is -0.366 e. The normalized spacial score (nSPS) is 10.8. The Balaban J connectivity index is 1.83. The number of hydrogen-bond donors (Lipinski definition) is 0. The lowest BCUT2D eigenvalue weighted by Crippen LogP contribution is -2.27. The number of aromatic nitrogens is 3. The van der Waals surface area contributed by atoms with Gasteiger partial charge in [0.2, 0.25) is 0 Å². The minimum absolute atomic E-state index is 0.176. The predicted molar refractivity (Wildman–Crippen MR) is 98.0 cm³/mol. The summed E-state index contributed by atoms with van der Waals surface area (Å²) in [5.41, 5.74) is 2.27. The van der Waals surface area contributed by atoms with Crippen LogP contribution < -0.4 is 10.5 Å². The van der Waals surface area contributed by atoms with E-state index in [1.807, 2.05) is 54.6 Å². The van der Waals surface area contributed by atoms with Gasteiger partial charge in [-0.15, -0.1) is 11.3 Å². The van der Waals surface area contributed by atoms with Crippen LogP contribution in [-0.4, -0.2) is 21.8 Å². The first-order chi connectivity index (χ1) is 11.5. The molecule has 0 bridgehead atoms. The summed E-state index contributed by atoms with van der Waals surface area (Å²) >= 11 is 7.90. The molecule has 24 heavy (non-hydrogen) atoms. The van der Waals surface area contributed by atoms with Crippen LogP contribution >= 0.6 is 22.9 Å². The maximum Gasteiger partial charge on any atom is 0.287 e. The van der Waals surface area contributed by atoms with Crippen LogP contribution in [0.4, 0.5) is 5.69 Å². The fourth-order valence-electron chi connectivity index (χ4n) is 2.40. The molecular formula is C17H17ClN4OS. The van der Waals surface area contributed by atoms with E-state index in [1.54, 1.807) is 17.5 Å². The summed E-state index contributed by atoms with van der Waals surface area (Å²) in [4.78, 5) is 18.8. The molecule has 2 heterocycles. The Kier molecular flexibility index (Phi) is 4.97. The third-order valence-electron chi connectivity index (χ3n) is 3.62. The van der Waals surface area contributed by atoms with Crippen LogP contribution in [0.25, 0.3) is 0 Å². The van der Waals surface area contributed by atoms with Crippen molar-refractivity contribution in [2.75, 3.05) is 11.9 Å². The first-order valence-electron chi connectivity index (χ1n) is 7.46. The molecule has 0 spiro atoms. The molecule has 2 aromatic heterocycles. The van der Waals surface area contributed by atoms with E-state index in [2.05, 4.69) is 10.1 Å². The number of nitrogens with zero attached hydrogens (tertiary/aromatic N) is 4. The first-order valence-corrected chi connectivity index (χ1v) is 8.72. The number of halogens is 1. The summed E-state index contributed by atoms with van der Waals surface area (Å²) in [6.07, 6.45) is 1.63. The molecule has 5 nitrogen and oxygen atoms in total. The smallest absolute Gasteiger partial charge is 0.287 e. The maximum absolute atomic E-state index is 12.5. The Morgan fingerprint density at radius 2 is 2.04 bits per heavy atom. The summed E-state index contributed by atoms with van der Waals surface area (Å²) in [6.45, 7) is 2.94. The summed E-state index contributed by atoms with van der Waals surface area (Å²) in [6, 6.07) is 9.70. The minimum atomic E-state index is -0.292. The highest BCUT2D eigenvalue weighted by Gasteiger charge is 2.14. The van der Waals surface area contributed by atoms with Crippen LogP contribution in [0, 0.1) is 6.92 Å². The number of aryl methyl sites for hydroxylation is 1. The zero-order valence-corrected chi connectivity index (χ0v) is 15.0. The lowest BCUT2D eigenvalue weighted by Gasteiger charge is -2.19. The predicted octanol–water partition coefficient (Wildman–Crippen LogP) is 3.35. The van der Waals surface area contributed by atoms with Gasteiger partial charge in [-0.05, 0) is 12.5 Å². The molecule has 0 radical (unpaired) electrons. The second-order valence-electron chi connectivity index (χ2n) is 5.51. The topological polar surface area (TPSA) is 51.0 Å². The van der Waals surface area contributed by atoms with Crippen molar-refractivity contribution in [3.63, 3.8) is 0 Å². The van der Waals surface area contributed by atoms with Gasteiger partial charge in [-0.3, -0.25) is 4.79 Å². The molecule has 1 aromatic carbocycles. The molecule has 0 aliphatic heterocycles. The van der Waals surface area contributed by atoms with Crippen LogP contribution in [0.15, 0.2) is 46.7 Å². The molecule has 0 amide bonds. The molecule has 0 unspecified atom stereocenters. The van der Waals surface area contributed by atoms with E-state index in [-0.39, 0.29) is 10.6 Å². The summed E-state index contributed by atoms with van der Waals surface area (Å²) in [5, 5.41) is 7.46. The molecule has 0 saturated heterocycles. The lowest BCUT2D eigenvalue weighted by molar-refractivity contribution is 0.637. The molecule has 3 rings (SSSR count). The number of anilines is 1. The average molecular weight is 361 g/mol. The van der Waals surface area contributed by atoms with Crippen molar-refractivity contribution in [3.05, 3.63) is 73.6 Å². The number of rotatable bonds is 5. The number of benzene rings is 1. The number of thiazole rings is 1. The first kappa shape index (κ1) is 16.7. The van der Waals surface area contributed by atoms with Crippen LogP contribution in [0.5, 0.6) is 0 Å². The lowest BCUT2D eigenvalue weighted by atomic mass is 10.2. The van der Waals surface area contributed by atoms with E-state index in [1.165, 1.54) is 4.68 Å². The molecule has 0 saturated carbocycles. The molecule has 0 aliphatic carbocycles. The van der Waals surface area contributed by atoms with Crippen molar-refractivity contribution in [3.8, 4) is 0 Å². The molecule has 124 valence electrons. The van der Waals surface area contributed by atoms with Crippen LogP contribution in [-0.2, 0) is 13.1 Å². The fourth-order valence-corrected chi connectivity index (χ4v) is 3.29. The molecule has 0 N–H and O–H groups in total. The van der Waals surface area contributed by atoms with Crippen LogP contribution in [0.1, 0.15) is 16.3 Å². The third kappa shape index (κ3) is 3.66. The molecule has 7 heteroatoms. The Bertz CT molecular complexity index is 891. The van der Waals surface area contributed by atoms with E-state index in [0.29, 0.717) is 18.8 Å². The van der Waals surface area contributed by atoms with Gasteiger partial charge in [-0.25, -0.2) is 9.67 Å². The van der Waals surface area contributed by atoms with Crippen molar-refractivity contribution in [1.29, 1.82) is 0 Å². The van der Waals surface area contributed by atoms with Gasteiger partial charge in [0.15, 0.2) is 0 Å². The molecule has 3 aromatic rings. The quantitative estimate of drug-likeness (QED) is 0.700. The van der Waals surface area contributed by atoms with Gasteiger partial charge >= 0.3 is 0 Å². The van der Waals surface area contributed by atoms with E-state index in [4.69, 9.17) is 11.6 Å². The Morgan fingerprint density at radius 3 is 2.71 bits per heavy atom. The Morgan fingerprint density at radius 1 is 1.29 bits per heavy atom. The van der Waals surface area contributed by atoms with Crippen molar-refractivity contribution in [2.24, 2.45) is 0 Å². The number of hydrogen-bond acceptors (Lipinski definition) is 5. The monoisotopic (exact) mass is 360 g/mol. The van der Waals surface area contributed by atoms with E-state index in [9.17, 15) is 4.79 Å². The van der Waals surface area contributed by atoms with E-state index < -0.39 is 0 Å².